The van der Waals surface area contributed by atoms with Crippen LogP contribution in [0.25, 0.3) is 6.08 Å². The molecular weight excluding hydrogens is 192 g/mol. The van der Waals surface area contributed by atoms with Crippen molar-refractivity contribution in [3.05, 3.63) is 46.3 Å². The topological polar surface area (TPSA) is 39.6 Å². The second-order valence-electron chi connectivity index (χ2n) is 2.92. The van der Waals surface area contributed by atoms with E-state index in [1.54, 1.807) is 19.1 Å². The van der Waals surface area contributed by atoms with Gasteiger partial charge >= 0.3 is 0 Å². The van der Waals surface area contributed by atoms with E-state index >= 15 is 0 Å². The highest BCUT2D eigenvalue weighted by atomic mass is 32.1. The zero-order valence-electron chi connectivity index (χ0n) is 7.87. The molecule has 0 saturated carbocycles. The predicted molar refractivity (Wildman–Crippen MR) is 60.0 cm³/mol. The number of nitrogens with zero attached hydrogens (tertiary/aromatic N) is 1. The van der Waals surface area contributed by atoms with Crippen molar-refractivity contribution in [2.45, 2.75) is 6.92 Å². The average Bonchev–Trinajstić information content (AvgIpc) is 2.14. The van der Waals surface area contributed by atoms with Crippen LogP contribution in [0.2, 0.25) is 0 Å². The molecule has 0 atom stereocenters. The minimum atomic E-state index is 0.557. The largest absolute Gasteiger partial charge is 0.347 e. The van der Waals surface area contributed by atoms with Crippen LogP contribution in [-0.2, 0) is 0 Å². The zero-order valence-corrected chi connectivity index (χ0v) is 8.69. The molecule has 1 aromatic heterocycles. The normalized spacial score (nSPS) is 10.7. The SMILES string of the molecule is C=C(C)/C(C#N)=C/c1cccc(=S)[nH]1. The molecule has 0 unspecified atom stereocenters. The molecule has 0 aliphatic heterocycles. The van der Waals surface area contributed by atoms with E-state index in [0.717, 1.165) is 11.3 Å². The first-order chi connectivity index (χ1) is 6.63. The second-order valence-corrected chi connectivity index (χ2v) is 3.36. The third kappa shape index (κ3) is 2.68. The summed E-state index contributed by atoms with van der Waals surface area (Å²) in [6.45, 7) is 5.51. The van der Waals surface area contributed by atoms with E-state index in [1.165, 1.54) is 0 Å². The molecule has 3 heteroatoms. The van der Waals surface area contributed by atoms with Gasteiger partial charge in [-0.2, -0.15) is 5.26 Å². The Morgan fingerprint density at radius 1 is 1.64 bits per heavy atom. The van der Waals surface area contributed by atoms with E-state index < -0.39 is 0 Å². The number of rotatable bonds is 2. The first-order valence-electron chi connectivity index (χ1n) is 4.10. The number of hydrogen-bond acceptors (Lipinski definition) is 2. The van der Waals surface area contributed by atoms with Gasteiger partial charge in [0.1, 0.15) is 4.64 Å². The molecule has 0 fully saturated rings. The van der Waals surface area contributed by atoms with Gasteiger partial charge in [0.2, 0.25) is 0 Å². The lowest BCUT2D eigenvalue weighted by molar-refractivity contribution is 1.26. The van der Waals surface area contributed by atoms with E-state index in [4.69, 9.17) is 17.5 Å². The monoisotopic (exact) mass is 202 g/mol. The molecule has 0 aliphatic rings. The van der Waals surface area contributed by atoms with E-state index in [0.29, 0.717) is 10.2 Å². The first kappa shape index (κ1) is 10.4. The molecule has 1 N–H and O–H groups in total. The summed E-state index contributed by atoms with van der Waals surface area (Å²) in [5.74, 6) is 0. The number of hydrogen-bond donors (Lipinski definition) is 1. The van der Waals surface area contributed by atoms with Crippen LogP contribution in [0.15, 0.2) is 35.9 Å². The first-order valence-corrected chi connectivity index (χ1v) is 4.51. The highest BCUT2D eigenvalue weighted by molar-refractivity contribution is 7.71. The standard InChI is InChI=1S/C11H10N2S/c1-8(2)9(7-12)6-10-4-3-5-11(14)13-10/h3-6H,1H2,2H3,(H,13,14)/b9-6+. The third-order valence-corrected chi connectivity index (χ3v) is 1.91. The molecule has 1 aromatic rings. The van der Waals surface area contributed by atoms with Crippen molar-refractivity contribution < 1.29 is 0 Å². The van der Waals surface area contributed by atoms with Crippen LogP contribution in [0.4, 0.5) is 0 Å². The van der Waals surface area contributed by atoms with E-state index in [-0.39, 0.29) is 0 Å². The summed E-state index contributed by atoms with van der Waals surface area (Å²) in [5.41, 5.74) is 2.12. The fourth-order valence-electron chi connectivity index (χ4n) is 0.955. The van der Waals surface area contributed by atoms with Gasteiger partial charge in [0.15, 0.2) is 0 Å². The third-order valence-electron chi connectivity index (χ3n) is 1.67. The second kappa shape index (κ2) is 4.54. The van der Waals surface area contributed by atoms with Crippen molar-refractivity contribution in [1.82, 2.24) is 4.98 Å². The van der Waals surface area contributed by atoms with Crippen LogP contribution in [-0.4, -0.2) is 4.98 Å². The molecule has 0 radical (unpaired) electrons. The fourth-order valence-corrected chi connectivity index (χ4v) is 1.15. The number of allylic oxidation sites excluding steroid dienone is 2. The van der Waals surface area contributed by atoms with E-state index in [2.05, 4.69) is 17.6 Å². The zero-order chi connectivity index (χ0) is 10.6. The Kier molecular flexibility index (Phi) is 3.38. The van der Waals surface area contributed by atoms with Crippen LogP contribution >= 0.6 is 12.2 Å². The van der Waals surface area contributed by atoms with Crippen molar-refractivity contribution in [1.29, 1.82) is 5.26 Å². The van der Waals surface area contributed by atoms with E-state index in [1.807, 2.05) is 12.1 Å². The Morgan fingerprint density at radius 2 is 2.36 bits per heavy atom. The maximum absolute atomic E-state index is 8.81. The van der Waals surface area contributed by atoms with Gasteiger partial charge in [-0.15, -0.1) is 0 Å². The van der Waals surface area contributed by atoms with Crippen LogP contribution in [0.5, 0.6) is 0 Å². The summed E-state index contributed by atoms with van der Waals surface area (Å²) >= 11 is 4.96. The number of aromatic amines is 1. The van der Waals surface area contributed by atoms with Crippen LogP contribution in [0, 0.1) is 16.0 Å². The lowest BCUT2D eigenvalue weighted by Gasteiger charge is -1.97. The Balaban J connectivity index is 3.15. The Morgan fingerprint density at radius 3 is 2.86 bits per heavy atom. The minimum Gasteiger partial charge on any atom is -0.347 e. The number of nitrogens with one attached hydrogen (secondary N) is 1. The average molecular weight is 202 g/mol. The number of aromatic nitrogens is 1. The quantitative estimate of drug-likeness (QED) is 0.454. The van der Waals surface area contributed by atoms with Gasteiger partial charge in [0.05, 0.1) is 11.6 Å². The summed E-state index contributed by atoms with van der Waals surface area (Å²) in [6, 6.07) is 7.57. The van der Waals surface area contributed by atoms with Crippen LogP contribution < -0.4 is 0 Å². The maximum Gasteiger partial charge on any atom is 0.103 e. The smallest absolute Gasteiger partial charge is 0.103 e. The lowest BCUT2D eigenvalue weighted by Crippen LogP contribution is -1.84. The van der Waals surface area contributed by atoms with Crippen molar-refractivity contribution >= 4 is 18.3 Å². The minimum absolute atomic E-state index is 0.557. The molecule has 1 rings (SSSR count). The summed E-state index contributed by atoms with van der Waals surface area (Å²) in [4.78, 5) is 2.97. The molecular formula is C11H10N2S. The molecule has 0 amide bonds. The van der Waals surface area contributed by atoms with Crippen LogP contribution in [0.3, 0.4) is 0 Å². The summed E-state index contributed by atoms with van der Waals surface area (Å²) in [5, 5.41) is 8.81. The summed E-state index contributed by atoms with van der Waals surface area (Å²) in [7, 11) is 0. The summed E-state index contributed by atoms with van der Waals surface area (Å²) in [6.07, 6.45) is 1.73. The highest BCUT2D eigenvalue weighted by Crippen LogP contribution is 2.10. The van der Waals surface area contributed by atoms with Gasteiger partial charge < -0.3 is 4.98 Å². The Hall–Kier alpha value is -1.66. The van der Waals surface area contributed by atoms with Gasteiger partial charge in [-0.25, -0.2) is 0 Å². The molecule has 70 valence electrons. The van der Waals surface area contributed by atoms with Gasteiger partial charge in [0.25, 0.3) is 0 Å². The molecule has 0 spiro atoms. The van der Waals surface area contributed by atoms with Crippen molar-refractivity contribution in [3.8, 4) is 6.07 Å². The van der Waals surface area contributed by atoms with Crippen molar-refractivity contribution in [2.24, 2.45) is 0 Å². The van der Waals surface area contributed by atoms with Crippen molar-refractivity contribution in [2.75, 3.05) is 0 Å². The van der Waals surface area contributed by atoms with Gasteiger partial charge in [-0.1, -0.05) is 24.9 Å². The van der Waals surface area contributed by atoms with E-state index in [9.17, 15) is 0 Å². The van der Waals surface area contributed by atoms with Crippen molar-refractivity contribution in [3.63, 3.8) is 0 Å². The maximum atomic E-state index is 8.81. The highest BCUT2D eigenvalue weighted by Gasteiger charge is 1.96. The Labute approximate surface area is 88.2 Å². The van der Waals surface area contributed by atoms with Gasteiger partial charge in [-0.3, -0.25) is 0 Å². The Bertz CT molecular complexity index is 475. The molecule has 0 bridgehead atoms. The molecule has 1 heterocycles. The fraction of sp³-hybridized carbons (Fsp3) is 0.0909. The number of pyridine rings is 1. The van der Waals surface area contributed by atoms with Gasteiger partial charge in [-0.05, 0) is 30.7 Å². The predicted octanol–water partition coefficient (Wildman–Crippen LogP) is 3.23. The molecule has 14 heavy (non-hydrogen) atoms. The number of nitriles is 1. The van der Waals surface area contributed by atoms with Gasteiger partial charge in [0, 0.05) is 5.69 Å². The molecule has 0 aliphatic carbocycles. The molecule has 0 aromatic carbocycles. The molecule has 2 nitrogen and oxygen atoms in total. The lowest BCUT2D eigenvalue weighted by atomic mass is 10.1. The number of H-pyrrole nitrogens is 1. The summed E-state index contributed by atoms with van der Waals surface area (Å²) < 4.78 is 0.651. The molecule has 0 saturated heterocycles. The van der Waals surface area contributed by atoms with Crippen LogP contribution in [0.1, 0.15) is 12.6 Å².